The Hall–Kier alpha value is -0.870. The Balaban J connectivity index is 0.00000242. The van der Waals surface area contributed by atoms with Gasteiger partial charge < -0.3 is 5.32 Å². The van der Waals surface area contributed by atoms with Gasteiger partial charge in [-0.3, -0.25) is 4.79 Å². The van der Waals surface area contributed by atoms with Crippen molar-refractivity contribution in [1.82, 2.24) is 5.32 Å². The van der Waals surface area contributed by atoms with Crippen molar-refractivity contribution in [2.45, 2.75) is 25.7 Å². The van der Waals surface area contributed by atoms with Crippen molar-refractivity contribution in [1.29, 1.82) is 0 Å². The van der Waals surface area contributed by atoms with Crippen molar-refractivity contribution < 1.29 is 4.79 Å². The molecule has 5 heteroatoms. The summed E-state index contributed by atoms with van der Waals surface area (Å²) in [5.74, 6) is 0.265. The van der Waals surface area contributed by atoms with Gasteiger partial charge >= 0.3 is 0 Å². The largest absolute Gasteiger partial charge is 0.316 e. The molecule has 0 fully saturated rings. The van der Waals surface area contributed by atoms with Gasteiger partial charge in [0.1, 0.15) is 0 Å². The molecule has 0 aliphatic carbocycles. The van der Waals surface area contributed by atoms with Crippen LogP contribution in [0.25, 0.3) is 0 Å². The zero-order valence-corrected chi connectivity index (χ0v) is 14.8. The van der Waals surface area contributed by atoms with Crippen molar-refractivity contribution in [2.24, 2.45) is 0 Å². The summed E-state index contributed by atoms with van der Waals surface area (Å²) in [5, 5.41) is 6.18. The number of hydrogen-bond donors (Lipinski definition) is 1. The zero-order valence-electron chi connectivity index (χ0n) is 12.4. The number of ketones is 1. The van der Waals surface area contributed by atoms with E-state index in [1.165, 1.54) is 16.9 Å². The maximum atomic E-state index is 11.8. The summed E-state index contributed by atoms with van der Waals surface area (Å²) < 4.78 is 0. The van der Waals surface area contributed by atoms with Crippen LogP contribution in [0, 0.1) is 0 Å². The molecule has 0 spiro atoms. The standard InChI is InChI=1S/C17H20ClNOS.ClH/c18-15-7-2-1-6-14(15)10-12-19-11-4-3-8-16(20)17-9-5-13-21-17;/h1-2,5-7,9,13,19H,3-4,8,10-12H2;1H. The van der Waals surface area contributed by atoms with Gasteiger partial charge in [0.15, 0.2) is 5.78 Å². The first-order chi connectivity index (χ1) is 10.3. The summed E-state index contributed by atoms with van der Waals surface area (Å²) in [6.07, 6.45) is 3.55. The third kappa shape index (κ3) is 6.49. The number of halogens is 2. The average molecular weight is 358 g/mol. The fraction of sp³-hybridized carbons (Fsp3) is 0.353. The third-order valence-electron chi connectivity index (χ3n) is 3.33. The number of rotatable bonds is 9. The molecule has 0 amide bonds. The van der Waals surface area contributed by atoms with Crippen LogP contribution in [0.2, 0.25) is 5.02 Å². The molecule has 1 heterocycles. The highest BCUT2D eigenvalue weighted by Gasteiger charge is 2.05. The Morgan fingerprint density at radius 3 is 2.64 bits per heavy atom. The van der Waals surface area contributed by atoms with E-state index in [4.69, 9.17) is 11.6 Å². The molecule has 1 aromatic heterocycles. The van der Waals surface area contributed by atoms with Gasteiger partial charge in [0.05, 0.1) is 4.88 Å². The minimum absolute atomic E-state index is 0. The molecule has 22 heavy (non-hydrogen) atoms. The lowest BCUT2D eigenvalue weighted by atomic mass is 10.1. The Morgan fingerprint density at radius 2 is 1.91 bits per heavy atom. The highest BCUT2D eigenvalue weighted by molar-refractivity contribution is 7.12. The van der Waals surface area contributed by atoms with Gasteiger partial charge in [-0.2, -0.15) is 0 Å². The molecule has 0 radical (unpaired) electrons. The van der Waals surface area contributed by atoms with Crippen molar-refractivity contribution >= 4 is 41.1 Å². The van der Waals surface area contributed by atoms with Crippen LogP contribution in [0.5, 0.6) is 0 Å². The van der Waals surface area contributed by atoms with E-state index < -0.39 is 0 Å². The second-order valence-corrected chi connectivity index (χ2v) is 6.30. The molecule has 0 saturated carbocycles. The monoisotopic (exact) mass is 357 g/mol. The second-order valence-electron chi connectivity index (χ2n) is 4.95. The quantitative estimate of drug-likeness (QED) is 0.504. The molecular formula is C17H21Cl2NOS. The van der Waals surface area contributed by atoms with Crippen LogP contribution in [0.4, 0.5) is 0 Å². The van der Waals surface area contributed by atoms with E-state index in [-0.39, 0.29) is 18.2 Å². The molecule has 0 saturated heterocycles. The third-order valence-corrected chi connectivity index (χ3v) is 4.61. The highest BCUT2D eigenvalue weighted by atomic mass is 35.5. The van der Waals surface area contributed by atoms with Gasteiger partial charge in [-0.05, 0) is 55.4 Å². The zero-order chi connectivity index (χ0) is 14.9. The van der Waals surface area contributed by atoms with Gasteiger partial charge in [0.25, 0.3) is 0 Å². The van der Waals surface area contributed by atoms with Crippen molar-refractivity contribution in [2.75, 3.05) is 13.1 Å². The van der Waals surface area contributed by atoms with Crippen molar-refractivity contribution in [3.63, 3.8) is 0 Å². The maximum Gasteiger partial charge on any atom is 0.172 e. The lowest BCUT2D eigenvalue weighted by Crippen LogP contribution is -2.18. The number of thiophene rings is 1. The molecular weight excluding hydrogens is 337 g/mol. The summed E-state index contributed by atoms with van der Waals surface area (Å²) in [6.45, 7) is 1.87. The molecule has 0 aliphatic rings. The Bertz CT molecular complexity index is 558. The van der Waals surface area contributed by atoms with Gasteiger partial charge in [-0.15, -0.1) is 23.7 Å². The predicted molar refractivity (Wildman–Crippen MR) is 97.8 cm³/mol. The predicted octanol–water partition coefficient (Wildman–Crippen LogP) is 5.01. The van der Waals surface area contributed by atoms with Gasteiger partial charge in [-0.25, -0.2) is 0 Å². The first kappa shape index (κ1) is 19.2. The van der Waals surface area contributed by atoms with E-state index in [2.05, 4.69) is 11.4 Å². The summed E-state index contributed by atoms with van der Waals surface area (Å²) in [5.41, 5.74) is 1.18. The smallest absolute Gasteiger partial charge is 0.172 e. The molecule has 120 valence electrons. The van der Waals surface area contributed by atoms with Crippen molar-refractivity contribution in [3.05, 3.63) is 57.2 Å². The molecule has 2 rings (SSSR count). The summed E-state index contributed by atoms with van der Waals surface area (Å²) in [6, 6.07) is 11.8. The highest BCUT2D eigenvalue weighted by Crippen LogP contribution is 2.15. The fourth-order valence-electron chi connectivity index (χ4n) is 2.15. The number of carbonyl (C=O) groups excluding carboxylic acids is 1. The minimum atomic E-state index is 0. The normalized spacial score (nSPS) is 10.2. The van der Waals surface area contributed by atoms with Crippen LogP contribution in [-0.4, -0.2) is 18.9 Å². The van der Waals surface area contributed by atoms with E-state index in [9.17, 15) is 4.79 Å². The Kier molecular flexibility index (Phi) is 9.41. The topological polar surface area (TPSA) is 29.1 Å². The van der Waals surface area contributed by atoms with E-state index in [0.717, 1.165) is 42.3 Å². The molecule has 1 aromatic carbocycles. The molecule has 2 nitrogen and oxygen atoms in total. The number of carbonyl (C=O) groups is 1. The average Bonchev–Trinajstić information content (AvgIpc) is 3.02. The second kappa shape index (κ2) is 10.8. The maximum absolute atomic E-state index is 11.8. The molecule has 0 atom stereocenters. The van der Waals surface area contributed by atoms with Crippen LogP contribution in [0.15, 0.2) is 41.8 Å². The molecule has 0 bridgehead atoms. The number of benzene rings is 1. The molecule has 0 aliphatic heterocycles. The van der Waals surface area contributed by atoms with Gasteiger partial charge in [0.2, 0.25) is 0 Å². The van der Waals surface area contributed by atoms with Crippen LogP contribution in [0.1, 0.15) is 34.5 Å². The van der Waals surface area contributed by atoms with Crippen molar-refractivity contribution in [3.8, 4) is 0 Å². The molecule has 2 aromatic rings. The van der Waals surface area contributed by atoms with Crippen LogP contribution in [-0.2, 0) is 6.42 Å². The van der Waals surface area contributed by atoms with E-state index in [1.54, 1.807) is 0 Å². The number of nitrogens with one attached hydrogen (secondary N) is 1. The Labute approximate surface area is 147 Å². The summed E-state index contributed by atoms with van der Waals surface area (Å²) in [7, 11) is 0. The minimum Gasteiger partial charge on any atom is -0.316 e. The lowest BCUT2D eigenvalue weighted by molar-refractivity contribution is 0.0983. The van der Waals surface area contributed by atoms with Crippen LogP contribution < -0.4 is 5.32 Å². The SMILES string of the molecule is Cl.O=C(CCCCNCCc1ccccc1Cl)c1cccs1. The number of unbranched alkanes of at least 4 members (excludes halogenated alkanes) is 1. The van der Waals surface area contributed by atoms with E-state index >= 15 is 0 Å². The molecule has 0 unspecified atom stereocenters. The van der Waals surface area contributed by atoms with Gasteiger partial charge in [0, 0.05) is 11.4 Å². The summed E-state index contributed by atoms with van der Waals surface area (Å²) >= 11 is 7.63. The van der Waals surface area contributed by atoms with Crippen LogP contribution in [0.3, 0.4) is 0 Å². The van der Waals surface area contributed by atoms with E-state index in [1.807, 2.05) is 35.7 Å². The first-order valence-electron chi connectivity index (χ1n) is 7.28. The Morgan fingerprint density at radius 1 is 1.09 bits per heavy atom. The summed E-state index contributed by atoms with van der Waals surface area (Å²) in [4.78, 5) is 12.7. The van der Waals surface area contributed by atoms with Gasteiger partial charge in [-0.1, -0.05) is 35.9 Å². The number of Topliss-reactive ketones (excluding diaryl/α,β-unsaturated/α-hetero) is 1. The first-order valence-corrected chi connectivity index (χ1v) is 8.54. The van der Waals surface area contributed by atoms with Crippen LogP contribution >= 0.6 is 35.3 Å². The lowest BCUT2D eigenvalue weighted by Gasteiger charge is -2.06. The van der Waals surface area contributed by atoms with E-state index in [0.29, 0.717) is 6.42 Å². The fourth-order valence-corrected chi connectivity index (χ4v) is 3.07. The molecule has 1 N–H and O–H groups in total. The number of hydrogen-bond acceptors (Lipinski definition) is 3.